The molecule has 1 aromatic rings. The molecule has 1 atom stereocenters. The zero-order valence-corrected chi connectivity index (χ0v) is 11.5. The molecule has 3 N–H and O–H groups in total. The highest BCUT2D eigenvalue weighted by atomic mass is 32.1. The lowest BCUT2D eigenvalue weighted by atomic mass is 10.1. The molecule has 5 heteroatoms. The van der Waals surface area contributed by atoms with Crippen LogP contribution in [0.25, 0.3) is 0 Å². The van der Waals surface area contributed by atoms with Crippen LogP contribution in [0.1, 0.15) is 38.2 Å². The minimum atomic E-state index is 0.317. The Morgan fingerprint density at radius 3 is 2.76 bits per heavy atom. The topological polar surface area (TPSA) is 60.2 Å². The highest BCUT2D eigenvalue weighted by Crippen LogP contribution is 2.47. The van der Waals surface area contributed by atoms with Crippen LogP contribution < -0.4 is 11.1 Å². The number of nitrogens with two attached hydrogens (primary N) is 1. The van der Waals surface area contributed by atoms with E-state index in [4.69, 9.17) is 10.5 Å². The normalized spacial score (nSPS) is 17.4. The van der Waals surface area contributed by atoms with E-state index in [2.05, 4.69) is 23.5 Å². The van der Waals surface area contributed by atoms with Gasteiger partial charge in [0.05, 0.1) is 12.6 Å². The number of methoxy groups -OCH3 is 1. The summed E-state index contributed by atoms with van der Waals surface area (Å²) in [5.74, 6) is 1.86. The van der Waals surface area contributed by atoms with Crippen molar-refractivity contribution in [1.82, 2.24) is 4.37 Å². The maximum Gasteiger partial charge on any atom is 0.142 e. The number of ether oxygens (including phenoxy) is 1. The van der Waals surface area contributed by atoms with E-state index in [1.54, 1.807) is 7.11 Å². The third kappa shape index (κ3) is 2.90. The van der Waals surface area contributed by atoms with Gasteiger partial charge in [-0.25, -0.2) is 0 Å². The van der Waals surface area contributed by atoms with Crippen LogP contribution in [0.4, 0.5) is 10.8 Å². The van der Waals surface area contributed by atoms with Crippen LogP contribution in [0.5, 0.6) is 0 Å². The molecule has 0 saturated heterocycles. The summed E-state index contributed by atoms with van der Waals surface area (Å²) in [6, 6.07) is 0.317. The molecular formula is C12H21N3OS. The first kappa shape index (κ1) is 12.6. The fourth-order valence-corrected chi connectivity index (χ4v) is 2.79. The molecule has 0 aromatic carbocycles. The first-order valence-electron chi connectivity index (χ1n) is 6.14. The van der Waals surface area contributed by atoms with Gasteiger partial charge < -0.3 is 15.8 Å². The van der Waals surface area contributed by atoms with Gasteiger partial charge in [-0.15, -0.1) is 0 Å². The molecule has 1 saturated carbocycles. The van der Waals surface area contributed by atoms with E-state index in [0.29, 0.717) is 30.3 Å². The van der Waals surface area contributed by atoms with Crippen LogP contribution >= 0.6 is 11.5 Å². The number of anilines is 2. The Bertz CT molecular complexity index is 374. The molecule has 2 rings (SSSR count). The number of rotatable bonds is 6. The third-order valence-corrected chi connectivity index (χ3v) is 4.02. The van der Waals surface area contributed by atoms with Gasteiger partial charge in [-0.2, -0.15) is 4.37 Å². The van der Waals surface area contributed by atoms with Crippen LogP contribution in [-0.4, -0.2) is 24.1 Å². The third-order valence-electron chi connectivity index (χ3n) is 3.21. The van der Waals surface area contributed by atoms with Crippen molar-refractivity contribution in [3.63, 3.8) is 0 Å². The van der Waals surface area contributed by atoms with Gasteiger partial charge >= 0.3 is 0 Å². The minimum Gasteiger partial charge on any atom is -0.383 e. The fourth-order valence-electron chi connectivity index (χ4n) is 1.93. The van der Waals surface area contributed by atoms with Gasteiger partial charge in [0, 0.05) is 12.7 Å². The molecule has 96 valence electrons. The van der Waals surface area contributed by atoms with Crippen LogP contribution in [-0.2, 0) is 4.74 Å². The van der Waals surface area contributed by atoms with Gasteiger partial charge in [0.25, 0.3) is 0 Å². The lowest BCUT2D eigenvalue weighted by Crippen LogP contribution is -2.30. The summed E-state index contributed by atoms with van der Waals surface area (Å²) in [5.41, 5.74) is 7.17. The van der Waals surface area contributed by atoms with Crippen molar-refractivity contribution in [3.05, 3.63) is 5.56 Å². The largest absolute Gasteiger partial charge is 0.383 e. The summed E-state index contributed by atoms with van der Waals surface area (Å²) >= 11 is 1.47. The number of hydrogen-bond acceptors (Lipinski definition) is 5. The molecule has 1 aliphatic rings. The monoisotopic (exact) mass is 255 g/mol. The molecule has 1 heterocycles. The molecule has 1 fully saturated rings. The number of nitrogens with one attached hydrogen (secondary N) is 1. The molecule has 0 amide bonds. The van der Waals surface area contributed by atoms with E-state index in [-0.39, 0.29) is 0 Å². The van der Waals surface area contributed by atoms with E-state index < -0.39 is 0 Å². The Morgan fingerprint density at radius 1 is 1.53 bits per heavy atom. The summed E-state index contributed by atoms with van der Waals surface area (Å²) in [5, 5.41) is 4.68. The zero-order chi connectivity index (χ0) is 12.4. The molecule has 17 heavy (non-hydrogen) atoms. The van der Waals surface area contributed by atoms with Crippen molar-refractivity contribution >= 4 is 22.4 Å². The number of aromatic nitrogens is 1. The summed E-state index contributed by atoms with van der Waals surface area (Å²) in [6.45, 7) is 5.09. The first-order chi connectivity index (χ1) is 8.13. The van der Waals surface area contributed by atoms with Crippen LogP contribution in [0, 0.1) is 5.92 Å². The van der Waals surface area contributed by atoms with Gasteiger partial charge in [0.15, 0.2) is 0 Å². The SMILES string of the molecule is COCC(Nc1snc(N)c1C1CC1)C(C)C. The highest BCUT2D eigenvalue weighted by molar-refractivity contribution is 7.10. The Balaban J connectivity index is 2.11. The van der Waals surface area contributed by atoms with Gasteiger partial charge in [0.1, 0.15) is 10.8 Å². The smallest absolute Gasteiger partial charge is 0.142 e. The van der Waals surface area contributed by atoms with E-state index in [1.165, 1.54) is 29.9 Å². The second-order valence-electron chi connectivity index (χ2n) is 5.04. The summed E-state index contributed by atoms with van der Waals surface area (Å²) < 4.78 is 9.52. The molecule has 1 unspecified atom stereocenters. The van der Waals surface area contributed by atoms with Crippen LogP contribution in [0.3, 0.4) is 0 Å². The van der Waals surface area contributed by atoms with Crippen molar-refractivity contribution in [2.45, 2.75) is 38.6 Å². The maximum absolute atomic E-state index is 5.94. The van der Waals surface area contributed by atoms with Crippen molar-refractivity contribution < 1.29 is 4.74 Å². The summed E-state index contributed by atoms with van der Waals surface area (Å²) in [6.07, 6.45) is 2.49. The second kappa shape index (κ2) is 5.23. The van der Waals surface area contributed by atoms with Crippen molar-refractivity contribution in [2.75, 3.05) is 24.8 Å². The molecular weight excluding hydrogens is 234 g/mol. The molecule has 1 aromatic heterocycles. The van der Waals surface area contributed by atoms with Gasteiger partial charge in [-0.1, -0.05) is 13.8 Å². The molecule has 0 spiro atoms. The average molecular weight is 255 g/mol. The van der Waals surface area contributed by atoms with E-state index >= 15 is 0 Å². The number of nitrogens with zero attached hydrogens (tertiary/aromatic N) is 1. The van der Waals surface area contributed by atoms with E-state index in [9.17, 15) is 0 Å². The number of nitrogen functional groups attached to an aromatic ring is 1. The van der Waals surface area contributed by atoms with Gasteiger partial charge in [-0.3, -0.25) is 0 Å². The minimum absolute atomic E-state index is 0.317. The first-order valence-corrected chi connectivity index (χ1v) is 6.91. The van der Waals surface area contributed by atoms with Crippen molar-refractivity contribution in [1.29, 1.82) is 0 Å². The Morgan fingerprint density at radius 2 is 2.24 bits per heavy atom. The van der Waals surface area contributed by atoms with Crippen LogP contribution in [0.15, 0.2) is 0 Å². The lowest BCUT2D eigenvalue weighted by Gasteiger charge is -2.22. The van der Waals surface area contributed by atoms with Crippen LogP contribution in [0.2, 0.25) is 0 Å². The highest BCUT2D eigenvalue weighted by Gasteiger charge is 2.31. The van der Waals surface area contributed by atoms with Crippen molar-refractivity contribution in [2.24, 2.45) is 5.92 Å². The predicted octanol–water partition coefficient (Wildman–Crippen LogP) is 2.69. The zero-order valence-electron chi connectivity index (χ0n) is 10.7. The van der Waals surface area contributed by atoms with E-state index in [0.717, 1.165) is 5.00 Å². The van der Waals surface area contributed by atoms with E-state index in [1.807, 2.05) is 0 Å². The Labute approximate surface area is 107 Å². The molecule has 0 bridgehead atoms. The molecule has 1 aliphatic carbocycles. The summed E-state index contributed by atoms with van der Waals surface area (Å²) in [7, 11) is 1.74. The Hall–Kier alpha value is -0.810. The lowest BCUT2D eigenvalue weighted by molar-refractivity contribution is 0.171. The molecule has 0 radical (unpaired) electrons. The molecule has 0 aliphatic heterocycles. The predicted molar refractivity (Wildman–Crippen MR) is 72.6 cm³/mol. The molecule has 4 nitrogen and oxygen atoms in total. The summed E-state index contributed by atoms with van der Waals surface area (Å²) in [4.78, 5) is 0. The van der Waals surface area contributed by atoms with Gasteiger partial charge in [0.2, 0.25) is 0 Å². The van der Waals surface area contributed by atoms with Crippen molar-refractivity contribution in [3.8, 4) is 0 Å². The fraction of sp³-hybridized carbons (Fsp3) is 0.750. The second-order valence-corrected chi connectivity index (χ2v) is 5.81. The Kier molecular flexibility index (Phi) is 3.89. The number of hydrogen-bond donors (Lipinski definition) is 2. The standard InChI is InChI=1S/C12H21N3OS/c1-7(2)9(6-16-3)14-12-10(8-4-5-8)11(13)15-17-12/h7-9,14H,4-6H2,1-3H3,(H2,13,15). The maximum atomic E-state index is 5.94. The average Bonchev–Trinajstić information content (AvgIpc) is 3.04. The van der Waals surface area contributed by atoms with Gasteiger partial charge in [-0.05, 0) is 36.2 Å². The quantitative estimate of drug-likeness (QED) is 0.820.